The summed E-state index contributed by atoms with van der Waals surface area (Å²) in [5.74, 6) is -0.458. The van der Waals surface area contributed by atoms with E-state index in [1.807, 2.05) is 13.8 Å². The third-order valence-electron chi connectivity index (χ3n) is 1.45. The molecule has 1 fully saturated rings. The molecular weight excluding hydrogens is 168 g/mol. The lowest BCUT2D eigenvalue weighted by Gasteiger charge is -2.16. The van der Waals surface area contributed by atoms with Crippen molar-refractivity contribution < 1.29 is 14.2 Å². The van der Waals surface area contributed by atoms with Crippen LogP contribution in [0.1, 0.15) is 13.8 Å². The lowest BCUT2D eigenvalue weighted by atomic mass is 10.4. The Labute approximate surface area is 71.6 Å². The third-order valence-corrected chi connectivity index (χ3v) is 1.60. The SMILES string of the molecule is CC1(C)OC[C@H](COCCl)O1. The molecule has 66 valence electrons. The van der Waals surface area contributed by atoms with Crippen molar-refractivity contribution >= 4 is 11.6 Å². The van der Waals surface area contributed by atoms with Crippen molar-refractivity contribution in [2.75, 3.05) is 19.3 Å². The zero-order valence-electron chi connectivity index (χ0n) is 6.80. The largest absolute Gasteiger partial charge is 0.363 e. The van der Waals surface area contributed by atoms with Crippen LogP contribution in [0.15, 0.2) is 0 Å². The smallest absolute Gasteiger partial charge is 0.163 e. The van der Waals surface area contributed by atoms with Crippen molar-refractivity contribution in [3.8, 4) is 0 Å². The van der Waals surface area contributed by atoms with Gasteiger partial charge in [0.05, 0.1) is 13.2 Å². The molecule has 1 atom stereocenters. The average Bonchev–Trinajstić information content (AvgIpc) is 2.26. The van der Waals surface area contributed by atoms with E-state index in [0.717, 1.165) is 0 Å². The number of hydrogen-bond donors (Lipinski definition) is 0. The van der Waals surface area contributed by atoms with Gasteiger partial charge in [-0.25, -0.2) is 0 Å². The predicted molar refractivity (Wildman–Crippen MR) is 41.6 cm³/mol. The van der Waals surface area contributed by atoms with Gasteiger partial charge < -0.3 is 14.2 Å². The molecule has 1 saturated heterocycles. The van der Waals surface area contributed by atoms with Crippen molar-refractivity contribution in [2.24, 2.45) is 0 Å². The molecule has 0 aromatic rings. The molecule has 0 aliphatic carbocycles. The van der Waals surface area contributed by atoms with Gasteiger partial charge in [0.1, 0.15) is 12.2 Å². The fraction of sp³-hybridized carbons (Fsp3) is 1.00. The fourth-order valence-corrected chi connectivity index (χ4v) is 1.11. The van der Waals surface area contributed by atoms with E-state index in [1.165, 1.54) is 0 Å². The molecule has 0 aromatic heterocycles. The first-order chi connectivity index (χ1) is 5.14. The molecule has 1 aliphatic rings. The second-order valence-corrected chi connectivity index (χ2v) is 3.15. The van der Waals surface area contributed by atoms with Crippen molar-refractivity contribution in [3.63, 3.8) is 0 Å². The maximum Gasteiger partial charge on any atom is 0.163 e. The molecule has 11 heavy (non-hydrogen) atoms. The molecular formula is C7H13ClO3. The number of halogens is 1. The highest BCUT2D eigenvalue weighted by Gasteiger charge is 2.32. The quantitative estimate of drug-likeness (QED) is 0.614. The maximum atomic E-state index is 5.44. The van der Waals surface area contributed by atoms with Crippen molar-refractivity contribution in [1.82, 2.24) is 0 Å². The standard InChI is InChI=1S/C7H13ClO3/c1-7(2)10-4-6(11-7)3-9-5-8/h6H,3-5H2,1-2H3/t6-/m0/s1. The molecule has 1 heterocycles. The number of hydrogen-bond acceptors (Lipinski definition) is 3. The van der Waals surface area contributed by atoms with Crippen LogP contribution in [0.25, 0.3) is 0 Å². The van der Waals surface area contributed by atoms with Gasteiger partial charge in [0.25, 0.3) is 0 Å². The Kier molecular flexibility index (Phi) is 3.13. The van der Waals surface area contributed by atoms with E-state index < -0.39 is 5.79 Å². The van der Waals surface area contributed by atoms with Crippen LogP contribution >= 0.6 is 11.6 Å². The molecule has 3 nitrogen and oxygen atoms in total. The Balaban J connectivity index is 2.20. The highest BCUT2D eigenvalue weighted by Crippen LogP contribution is 2.22. The van der Waals surface area contributed by atoms with E-state index in [-0.39, 0.29) is 12.2 Å². The third kappa shape index (κ3) is 2.95. The van der Waals surface area contributed by atoms with Crippen molar-refractivity contribution in [1.29, 1.82) is 0 Å². The van der Waals surface area contributed by atoms with Crippen LogP contribution in [0.2, 0.25) is 0 Å². The first-order valence-electron chi connectivity index (χ1n) is 3.59. The molecule has 0 amide bonds. The van der Waals surface area contributed by atoms with E-state index in [2.05, 4.69) is 0 Å². The summed E-state index contributed by atoms with van der Waals surface area (Å²) in [7, 11) is 0. The van der Waals surface area contributed by atoms with Crippen LogP contribution < -0.4 is 0 Å². The second-order valence-electron chi connectivity index (χ2n) is 2.93. The van der Waals surface area contributed by atoms with Gasteiger partial charge in [-0.1, -0.05) is 11.6 Å². The minimum absolute atomic E-state index is 0.0312. The molecule has 0 aromatic carbocycles. The summed E-state index contributed by atoms with van der Waals surface area (Å²) in [6.45, 7) is 4.86. The van der Waals surface area contributed by atoms with Gasteiger partial charge in [0, 0.05) is 0 Å². The molecule has 1 aliphatic heterocycles. The Hall–Kier alpha value is 0.170. The Morgan fingerprint density at radius 2 is 2.36 bits per heavy atom. The Morgan fingerprint density at radius 3 is 2.82 bits per heavy atom. The number of alkyl halides is 1. The predicted octanol–water partition coefficient (Wildman–Crippen LogP) is 1.35. The van der Waals surface area contributed by atoms with Gasteiger partial charge >= 0.3 is 0 Å². The van der Waals surface area contributed by atoms with Crippen molar-refractivity contribution in [2.45, 2.75) is 25.7 Å². The number of rotatable bonds is 3. The second kappa shape index (κ2) is 3.72. The molecule has 0 unspecified atom stereocenters. The van der Waals surface area contributed by atoms with E-state index in [4.69, 9.17) is 25.8 Å². The molecule has 0 spiro atoms. The molecule has 0 N–H and O–H groups in total. The van der Waals surface area contributed by atoms with Crippen LogP contribution in [0, 0.1) is 0 Å². The minimum atomic E-state index is -0.458. The zero-order valence-corrected chi connectivity index (χ0v) is 7.56. The molecule has 0 saturated carbocycles. The van der Waals surface area contributed by atoms with Crippen LogP contribution in [0.4, 0.5) is 0 Å². The summed E-state index contributed by atoms with van der Waals surface area (Å²) in [6.07, 6.45) is 0.0312. The molecule has 4 heteroatoms. The Bertz CT molecular complexity index is 127. The van der Waals surface area contributed by atoms with Gasteiger partial charge in [-0.05, 0) is 13.8 Å². The lowest BCUT2D eigenvalue weighted by molar-refractivity contribution is -0.144. The van der Waals surface area contributed by atoms with E-state index in [0.29, 0.717) is 13.2 Å². The van der Waals surface area contributed by atoms with Crippen LogP contribution in [0.5, 0.6) is 0 Å². The number of ether oxygens (including phenoxy) is 3. The van der Waals surface area contributed by atoms with Gasteiger partial charge in [-0.15, -0.1) is 0 Å². The molecule has 1 rings (SSSR count). The summed E-state index contributed by atoms with van der Waals surface area (Å²) in [4.78, 5) is 0. The van der Waals surface area contributed by atoms with E-state index in [9.17, 15) is 0 Å². The van der Waals surface area contributed by atoms with E-state index in [1.54, 1.807) is 0 Å². The van der Waals surface area contributed by atoms with Gasteiger partial charge in [-0.3, -0.25) is 0 Å². The zero-order chi connectivity index (χ0) is 8.32. The first kappa shape index (κ1) is 9.26. The highest BCUT2D eigenvalue weighted by molar-refractivity contribution is 6.17. The normalized spacial score (nSPS) is 29.2. The van der Waals surface area contributed by atoms with Gasteiger partial charge in [0.15, 0.2) is 5.79 Å². The van der Waals surface area contributed by atoms with Gasteiger partial charge in [-0.2, -0.15) is 0 Å². The lowest BCUT2D eigenvalue weighted by Crippen LogP contribution is -2.23. The summed E-state index contributed by atoms with van der Waals surface area (Å²) in [5, 5.41) is 0. The van der Waals surface area contributed by atoms with Crippen LogP contribution in [0.3, 0.4) is 0 Å². The highest BCUT2D eigenvalue weighted by atomic mass is 35.5. The maximum absolute atomic E-state index is 5.44. The van der Waals surface area contributed by atoms with Crippen LogP contribution in [-0.2, 0) is 14.2 Å². The summed E-state index contributed by atoms with van der Waals surface area (Å²) < 4.78 is 15.7. The van der Waals surface area contributed by atoms with E-state index >= 15 is 0 Å². The fourth-order valence-electron chi connectivity index (χ4n) is 1.02. The first-order valence-corrected chi connectivity index (χ1v) is 4.13. The summed E-state index contributed by atoms with van der Waals surface area (Å²) >= 11 is 5.33. The molecule has 0 radical (unpaired) electrons. The topological polar surface area (TPSA) is 27.7 Å². The summed E-state index contributed by atoms with van der Waals surface area (Å²) in [6, 6.07) is 0.209. The minimum Gasteiger partial charge on any atom is -0.363 e. The average molecular weight is 181 g/mol. The Morgan fingerprint density at radius 1 is 1.64 bits per heavy atom. The van der Waals surface area contributed by atoms with Crippen LogP contribution in [-0.4, -0.2) is 31.2 Å². The van der Waals surface area contributed by atoms with Gasteiger partial charge in [0.2, 0.25) is 0 Å². The summed E-state index contributed by atoms with van der Waals surface area (Å²) in [5.41, 5.74) is 0. The monoisotopic (exact) mass is 180 g/mol. The molecule has 0 bridgehead atoms. The van der Waals surface area contributed by atoms with Crippen molar-refractivity contribution in [3.05, 3.63) is 0 Å².